The summed E-state index contributed by atoms with van der Waals surface area (Å²) in [7, 11) is 1.84. The molecule has 10 heteroatoms. The molecular formula is C18H20IN3O6. The fourth-order valence-corrected chi connectivity index (χ4v) is 3.53. The van der Waals surface area contributed by atoms with E-state index in [0.717, 1.165) is 6.42 Å². The third-order valence-electron chi connectivity index (χ3n) is 4.57. The molecule has 0 aromatic carbocycles. The van der Waals surface area contributed by atoms with Gasteiger partial charge in [0.05, 0.1) is 12.2 Å². The maximum Gasteiger partial charge on any atom is 0.339 e. The molecule has 0 spiro atoms. The Kier molecular flexibility index (Phi) is 6.52. The highest BCUT2D eigenvalue weighted by Crippen LogP contribution is 2.32. The fraction of sp³-hybridized carbons (Fsp3) is 0.389. The molecule has 0 unspecified atom stereocenters. The molecule has 150 valence electrons. The van der Waals surface area contributed by atoms with E-state index in [-0.39, 0.29) is 25.0 Å². The number of aliphatic hydroxyl groups is 1. The Morgan fingerprint density at radius 1 is 1.43 bits per heavy atom. The van der Waals surface area contributed by atoms with Crippen molar-refractivity contribution in [3.63, 3.8) is 0 Å². The van der Waals surface area contributed by atoms with Crippen molar-refractivity contribution >= 4 is 35.1 Å². The van der Waals surface area contributed by atoms with Gasteiger partial charge in [0.2, 0.25) is 6.41 Å². The smallest absolute Gasteiger partial charge is 0.339 e. The molecule has 0 amide bonds. The first-order valence-corrected chi connectivity index (χ1v) is 9.87. The van der Waals surface area contributed by atoms with Gasteiger partial charge in [-0.3, -0.25) is 14.2 Å². The number of nitrogens with zero attached hydrogens (tertiary/aromatic N) is 3. The van der Waals surface area contributed by atoms with Crippen molar-refractivity contribution in [1.29, 1.82) is 0 Å². The Bertz CT molecular complexity index is 948. The molecular weight excluding hydrogens is 481 g/mol. The van der Waals surface area contributed by atoms with Gasteiger partial charge in [0, 0.05) is 25.9 Å². The van der Waals surface area contributed by atoms with Gasteiger partial charge < -0.3 is 19.5 Å². The number of rotatable bonds is 6. The van der Waals surface area contributed by atoms with Crippen LogP contribution < -0.4 is 11.2 Å². The van der Waals surface area contributed by atoms with E-state index in [1.165, 1.54) is 16.8 Å². The van der Waals surface area contributed by atoms with Crippen LogP contribution in [0.2, 0.25) is 0 Å². The van der Waals surface area contributed by atoms with Gasteiger partial charge in [-0.15, -0.1) is 0 Å². The van der Waals surface area contributed by atoms with E-state index in [0.29, 0.717) is 10.5 Å². The summed E-state index contributed by atoms with van der Waals surface area (Å²) in [4.78, 5) is 37.8. The Hall–Kier alpha value is -2.18. The summed E-state index contributed by atoms with van der Waals surface area (Å²) in [6.07, 6.45) is 7.87. The zero-order chi connectivity index (χ0) is 20.3. The number of allylic oxidation sites excluding steroid dienone is 2. The average molecular weight is 501 g/mol. The summed E-state index contributed by atoms with van der Waals surface area (Å²) in [5.74, 6) is 0.633. The lowest BCUT2D eigenvalue weighted by atomic mass is 10.2. The third-order valence-corrected chi connectivity index (χ3v) is 4.93. The van der Waals surface area contributed by atoms with E-state index >= 15 is 0 Å². The highest BCUT2D eigenvalue weighted by molar-refractivity contribution is 14.1. The van der Waals surface area contributed by atoms with Gasteiger partial charge in [-0.25, -0.2) is 4.79 Å². The summed E-state index contributed by atoms with van der Waals surface area (Å²) in [6, 6.07) is 0. The number of aliphatic hydroxyl groups excluding tert-OH is 1. The molecule has 3 atom stereocenters. The number of ether oxygens (including phenoxy) is 2. The van der Waals surface area contributed by atoms with Crippen molar-refractivity contribution in [3.8, 4) is 0 Å². The van der Waals surface area contributed by atoms with Crippen LogP contribution in [0.15, 0.2) is 44.1 Å². The largest absolute Gasteiger partial charge is 0.473 e. The minimum atomic E-state index is -0.801. The molecule has 2 aliphatic rings. The van der Waals surface area contributed by atoms with E-state index in [1.807, 2.05) is 52.9 Å². The number of halogens is 1. The first-order valence-electron chi connectivity index (χ1n) is 8.62. The van der Waals surface area contributed by atoms with Crippen molar-refractivity contribution in [1.82, 2.24) is 14.0 Å². The Morgan fingerprint density at radius 2 is 2.21 bits per heavy atom. The SMILES string of the molecule is CN1C=CCC=C1O[C@H]1C[C@H](n2cc(/C=C/I)c(=O)n(C=O)c2=O)O[C@@H]1CO. The lowest BCUT2D eigenvalue weighted by Crippen LogP contribution is -2.42. The van der Waals surface area contributed by atoms with Crippen LogP contribution >= 0.6 is 22.6 Å². The van der Waals surface area contributed by atoms with Crippen molar-refractivity contribution in [3.05, 3.63) is 60.9 Å². The number of hydrogen-bond donors (Lipinski definition) is 1. The molecule has 1 aromatic heterocycles. The molecule has 0 radical (unpaired) electrons. The lowest BCUT2D eigenvalue weighted by Gasteiger charge is -2.26. The van der Waals surface area contributed by atoms with Crippen LogP contribution in [0.4, 0.5) is 0 Å². The van der Waals surface area contributed by atoms with E-state index in [1.54, 1.807) is 4.08 Å². The van der Waals surface area contributed by atoms with Gasteiger partial charge in [-0.05, 0) is 22.7 Å². The zero-order valence-corrected chi connectivity index (χ0v) is 17.3. The van der Waals surface area contributed by atoms with Gasteiger partial charge in [-0.1, -0.05) is 28.7 Å². The molecule has 9 nitrogen and oxygen atoms in total. The quantitative estimate of drug-likeness (QED) is 0.455. The van der Waals surface area contributed by atoms with E-state index in [9.17, 15) is 19.5 Å². The molecule has 0 bridgehead atoms. The third kappa shape index (κ3) is 3.98. The summed E-state index contributed by atoms with van der Waals surface area (Å²) in [6.45, 7) is -0.295. The standard InChI is InChI=1S/C18H20IN3O6/c1-20-7-3-2-4-15(20)27-13-8-16(28-14(13)10-23)21-9-12(5-6-19)17(25)22(11-24)18(21)26/h3-7,9,11,13-14,16,23H,2,8,10H2,1H3/b6-5+/t13-,14+,16+/m0/s1. The monoisotopic (exact) mass is 501 g/mol. The number of aromatic nitrogens is 2. The van der Waals surface area contributed by atoms with Crippen LogP contribution in [0.25, 0.3) is 6.08 Å². The molecule has 1 aromatic rings. The minimum absolute atomic E-state index is 0.175. The predicted octanol–water partition coefficient (Wildman–Crippen LogP) is 0.810. The van der Waals surface area contributed by atoms with Crippen LogP contribution in [0, 0.1) is 0 Å². The maximum atomic E-state index is 12.6. The zero-order valence-electron chi connectivity index (χ0n) is 15.1. The molecule has 1 fully saturated rings. The van der Waals surface area contributed by atoms with Crippen LogP contribution in [-0.4, -0.2) is 51.4 Å². The summed E-state index contributed by atoms with van der Waals surface area (Å²) in [5, 5.41) is 9.69. The number of carbonyl (C=O) groups is 1. The summed E-state index contributed by atoms with van der Waals surface area (Å²) in [5.41, 5.74) is -1.33. The summed E-state index contributed by atoms with van der Waals surface area (Å²) >= 11 is 1.94. The maximum absolute atomic E-state index is 12.6. The molecule has 1 N–H and O–H groups in total. The average Bonchev–Trinajstić information content (AvgIpc) is 3.09. The van der Waals surface area contributed by atoms with Crippen LogP contribution in [0.3, 0.4) is 0 Å². The van der Waals surface area contributed by atoms with E-state index in [4.69, 9.17) is 9.47 Å². The summed E-state index contributed by atoms with van der Waals surface area (Å²) < 4.78 is 15.1. The van der Waals surface area contributed by atoms with E-state index in [2.05, 4.69) is 0 Å². The Balaban J connectivity index is 1.91. The first-order chi connectivity index (χ1) is 13.5. The lowest BCUT2D eigenvalue weighted by molar-refractivity contribution is -0.0567. The molecule has 2 aliphatic heterocycles. The normalized spacial score (nSPS) is 24.6. The second-order valence-electron chi connectivity index (χ2n) is 6.33. The fourth-order valence-electron chi connectivity index (χ4n) is 3.14. The predicted molar refractivity (Wildman–Crippen MR) is 110 cm³/mol. The molecule has 3 heterocycles. The second kappa shape index (κ2) is 8.88. The number of carbonyl (C=O) groups excluding carboxylic acids is 1. The Labute approximate surface area is 174 Å². The molecule has 3 rings (SSSR count). The van der Waals surface area contributed by atoms with Gasteiger partial charge in [0.1, 0.15) is 18.4 Å². The Morgan fingerprint density at radius 3 is 2.86 bits per heavy atom. The van der Waals surface area contributed by atoms with E-state index < -0.39 is 29.7 Å². The second-order valence-corrected chi connectivity index (χ2v) is 7.04. The van der Waals surface area contributed by atoms with Crippen LogP contribution in [0.1, 0.15) is 24.6 Å². The van der Waals surface area contributed by atoms with Gasteiger partial charge in [0.15, 0.2) is 5.88 Å². The van der Waals surface area contributed by atoms with Gasteiger partial charge in [-0.2, -0.15) is 4.57 Å². The van der Waals surface area contributed by atoms with Crippen molar-refractivity contribution in [2.75, 3.05) is 13.7 Å². The van der Waals surface area contributed by atoms with Crippen molar-refractivity contribution in [2.45, 2.75) is 31.3 Å². The highest BCUT2D eigenvalue weighted by Gasteiger charge is 2.39. The van der Waals surface area contributed by atoms with Gasteiger partial charge in [0.25, 0.3) is 5.56 Å². The molecule has 1 saturated heterocycles. The molecule has 0 saturated carbocycles. The highest BCUT2D eigenvalue weighted by atomic mass is 127. The van der Waals surface area contributed by atoms with Crippen molar-refractivity contribution < 1.29 is 19.4 Å². The number of hydrogen-bond acceptors (Lipinski definition) is 7. The molecule has 28 heavy (non-hydrogen) atoms. The van der Waals surface area contributed by atoms with Crippen LogP contribution in [0.5, 0.6) is 0 Å². The molecule has 0 aliphatic carbocycles. The van der Waals surface area contributed by atoms with Crippen molar-refractivity contribution in [2.24, 2.45) is 0 Å². The minimum Gasteiger partial charge on any atom is -0.473 e. The van der Waals surface area contributed by atoms with Crippen LogP contribution in [-0.2, 0) is 14.3 Å². The van der Waals surface area contributed by atoms with Gasteiger partial charge >= 0.3 is 5.69 Å². The first kappa shape index (κ1) is 20.6. The topological polar surface area (TPSA) is 103 Å².